The lowest BCUT2D eigenvalue weighted by molar-refractivity contribution is 0.310. The van der Waals surface area contributed by atoms with Gasteiger partial charge in [0.15, 0.2) is 0 Å². The number of nitrogens with one attached hydrogen (secondary N) is 1. The van der Waals surface area contributed by atoms with Crippen molar-refractivity contribution in [2.45, 2.75) is 20.1 Å². The molecule has 1 aromatic carbocycles. The molecule has 0 aliphatic carbocycles. The smallest absolute Gasteiger partial charge is 0.122 e. The average molecular weight is 282 g/mol. The van der Waals surface area contributed by atoms with Crippen LogP contribution >= 0.6 is 22.9 Å². The zero-order chi connectivity index (χ0) is 12.8. The molecular weight excluding hydrogens is 266 g/mol. The molecule has 2 rings (SSSR count). The second-order valence-electron chi connectivity index (χ2n) is 3.89. The minimum atomic E-state index is 0.594. The molecular formula is C14H16ClNOS. The van der Waals surface area contributed by atoms with Crippen LogP contribution in [0.4, 0.5) is 0 Å². The SMILES string of the molecule is CCNCc1ccc(COc2cccc(Cl)c2)s1. The number of hydrogen-bond acceptors (Lipinski definition) is 3. The fraction of sp³-hybridized carbons (Fsp3) is 0.286. The zero-order valence-corrected chi connectivity index (χ0v) is 11.9. The summed E-state index contributed by atoms with van der Waals surface area (Å²) in [7, 11) is 0. The predicted octanol–water partition coefficient (Wildman–Crippen LogP) is 4.09. The number of thiophene rings is 1. The molecule has 96 valence electrons. The fourth-order valence-electron chi connectivity index (χ4n) is 1.55. The van der Waals surface area contributed by atoms with Crippen LogP contribution in [0.15, 0.2) is 36.4 Å². The van der Waals surface area contributed by atoms with E-state index in [1.54, 1.807) is 11.3 Å². The molecule has 4 heteroatoms. The second kappa shape index (κ2) is 6.78. The summed E-state index contributed by atoms with van der Waals surface area (Å²) in [5.74, 6) is 0.809. The van der Waals surface area contributed by atoms with E-state index in [1.165, 1.54) is 9.75 Å². The van der Waals surface area contributed by atoms with Gasteiger partial charge in [0.25, 0.3) is 0 Å². The van der Waals surface area contributed by atoms with Gasteiger partial charge in [-0.3, -0.25) is 0 Å². The maximum atomic E-state index is 5.90. The highest BCUT2D eigenvalue weighted by atomic mass is 35.5. The Balaban J connectivity index is 1.88. The van der Waals surface area contributed by atoms with Crippen molar-refractivity contribution < 1.29 is 4.74 Å². The van der Waals surface area contributed by atoms with Crippen LogP contribution in [0.25, 0.3) is 0 Å². The average Bonchev–Trinajstić information content (AvgIpc) is 2.82. The summed E-state index contributed by atoms with van der Waals surface area (Å²) in [6, 6.07) is 11.7. The van der Waals surface area contributed by atoms with Gasteiger partial charge in [0.05, 0.1) is 0 Å². The first-order chi connectivity index (χ1) is 8.78. The van der Waals surface area contributed by atoms with Crippen LogP contribution < -0.4 is 10.1 Å². The van der Waals surface area contributed by atoms with Crippen molar-refractivity contribution in [2.24, 2.45) is 0 Å². The van der Waals surface area contributed by atoms with Gasteiger partial charge in [-0.15, -0.1) is 11.3 Å². The molecule has 0 aliphatic rings. The van der Waals surface area contributed by atoms with Gasteiger partial charge in [-0.2, -0.15) is 0 Å². The maximum Gasteiger partial charge on any atom is 0.122 e. The first-order valence-electron chi connectivity index (χ1n) is 5.94. The Morgan fingerprint density at radius 3 is 2.83 bits per heavy atom. The van der Waals surface area contributed by atoms with Gasteiger partial charge in [-0.25, -0.2) is 0 Å². The van der Waals surface area contributed by atoms with Gasteiger partial charge in [0.1, 0.15) is 12.4 Å². The van der Waals surface area contributed by atoms with Crippen molar-refractivity contribution in [2.75, 3.05) is 6.54 Å². The summed E-state index contributed by atoms with van der Waals surface area (Å²) in [4.78, 5) is 2.56. The van der Waals surface area contributed by atoms with E-state index in [2.05, 4.69) is 24.4 Å². The van der Waals surface area contributed by atoms with Crippen molar-refractivity contribution in [3.8, 4) is 5.75 Å². The topological polar surface area (TPSA) is 21.3 Å². The number of ether oxygens (including phenoxy) is 1. The Hall–Kier alpha value is -1.03. The van der Waals surface area contributed by atoms with E-state index in [1.807, 2.05) is 24.3 Å². The highest BCUT2D eigenvalue weighted by molar-refractivity contribution is 7.11. The third-order valence-electron chi connectivity index (χ3n) is 2.44. The van der Waals surface area contributed by atoms with Crippen molar-refractivity contribution in [1.29, 1.82) is 0 Å². The Morgan fingerprint density at radius 1 is 1.22 bits per heavy atom. The van der Waals surface area contributed by atoms with E-state index >= 15 is 0 Å². The molecule has 2 nitrogen and oxygen atoms in total. The summed E-state index contributed by atoms with van der Waals surface area (Å²) in [5.41, 5.74) is 0. The fourth-order valence-corrected chi connectivity index (χ4v) is 2.64. The van der Waals surface area contributed by atoms with Crippen molar-refractivity contribution >= 4 is 22.9 Å². The van der Waals surface area contributed by atoms with Crippen molar-refractivity contribution in [1.82, 2.24) is 5.32 Å². The molecule has 0 unspecified atom stereocenters. The summed E-state index contributed by atoms with van der Waals surface area (Å²) >= 11 is 7.68. The van der Waals surface area contributed by atoms with Gasteiger partial charge in [-0.05, 0) is 36.9 Å². The van der Waals surface area contributed by atoms with Crippen LogP contribution in [0.3, 0.4) is 0 Å². The predicted molar refractivity (Wildman–Crippen MR) is 77.5 cm³/mol. The lowest BCUT2D eigenvalue weighted by atomic mass is 10.3. The molecule has 0 fully saturated rings. The Bertz CT molecular complexity index is 498. The lowest BCUT2D eigenvalue weighted by Crippen LogP contribution is -2.10. The summed E-state index contributed by atoms with van der Waals surface area (Å²) < 4.78 is 5.70. The molecule has 1 aromatic heterocycles. The van der Waals surface area contributed by atoms with Gasteiger partial charge in [0.2, 0.25) is 0 Å². The molecule has 0 saturated heterocycles. The summed E-state index contributed by atoms with van der Waals surface area (Å²) in [5, 5.41) is 4.01. The Morgan fingerprint density at radius 2 is 2.06 bits per heavy atom. The highest BCUT2D eigenvalue weighted by Crippen LogP contribution is 2.21. The van der Waals surface area contributed by atoms with Crippen LogP contribution in [0, 0.1) is 0 Å². The molecule has 0 atom stereocenters. The largest absolute Gasteiger partial charge is 0.488 e. The molecule has 0 radical (unpaired) electrons. The number of benzene rings is 1. The van der Waals surface area contributed by atoms with Gasteiger partial charge in [-0.1, -0.05) is 24.6 Å². The highest BCUT2D eigenvalue weighted by Gasteiger charge is 2.01. The second-order valence-corrected chi connectivity index (χ2v) is 5.58. The Labute approximate surface area is 117 Å². The molecule has 0 bridgehead atoms. The Kier molecular flexibility index (Phi) is 5.05. The molecule has 0 amide bonds. The summed E-state index contributed by atoms with van der Waals surface area (Å²) in [6.45, 7) is 4.62. The van der Waals surface area contributed by atoms with Crippen LogP contribution in [-0.4, -0.2) is 6.54 Å². The number of rotatable bonds is 6. The minimum absolute atomic E-state index is 0.594. The van der Waals surface area contributed by atoms with E-state index < -0.39 is 0 Å². The van der Waals surface area contributed by atoms with E-state index in [0.29, 0.717) is 11.6 Å². The molecule has 2 aromatic rings. The molecule has 18 heavy (non-hydrogen) atoms. The zero-order valence-electron chi connectivity index (χ0n) is 10.3. The van der Waals surface area contributed by atoms with E-state index in [-0.39, 0.29) is 0 Å². The van der Waals surface area contributed by atoms with E-state index in [0.717, 1.165) is 18.8 Å². The van der Waals surface area contributed by atoms with Crippen LogP contribution in [0.5, 0.6) is 5.75 Å². The molecule has 0 aliphatic heterocycles. The first kappa shape index (κ1) is 13.4. The van der Waals surface area contributed by atoms with Crippen molar-refractivity contribution in [3.63, 3.8) is 0 Å². The van der Waals surface area contributed by atoms with Crippen LogP contribution in [-0.2, 0) is 13.2 Å². The lowest BCUT2D eigenvalue weighted by Gasteiger charge is -2.04. The van der Waals surface area contributed by atoms with Gasteiger partial charge in [0, 0.05) is 21.3 Å². The number of halogens is 1. The maximum absolute atomic E-state index is 5.90. The van der Waals surface area contributed by atoms with Crippen molar-refractivity contribution in [3.05, 3.63) is 51.2 Å². The molecule has 0 spiro atoms. The van der Waals surface area contributed by atoms with E-state index in [4.69, 9.17) is 16.3 Å². The standard InChI is InChI=1S/C14H16ClNOS/c1-2-16-9-13-6-7-14(18-13)10-17-12-5-3-4-11(15)8-12/h3-8,16H,2,9-10H2,1H3. The summed E-state index contributed by atoms with van der Waals surface area (Å²) in [6.07, 6.45) is 0. The minimum Gasteiger partial charge on any atom is -0.488 e. The molecule has 1 heterocycles. The van der Waals surface area contributed by atoms with Crippen LogP contribution in [0.2, 0.25) is 5.02 Å². The molecule has 0 saturated carbocycles. The number of hydrogen-bond donors (Lipinski definition) is 1. The van der Waals surface area contributed by atoms with Gasteiger partial charge >= 0.3 is 0 Å². The normalized spacial score (nSPS) is 10.6. The van der Waals surface area contributed by atoms with Gasteiger partial charge < -0.3 is 10.1 Å². The van der Waals surface area contributed by atoms with E-state index in [9.17, 15) is 0 Å². The quantitative estimate of drug-likeness (QED) is 0.861. The molecule has 1 N–H and O–H groups in total. The third-order valence-corrected chi connectivity index (χ3v) is 3.74. The van der Waals surface area contributed by atoms with Crippen LogP contribution in [0.1, 0.15) is 16.7 Å². The monoisotopic (exact) mass is 281 g/mol. The first-order valence-corrected chi connectivity index (χ1v) is 7.14. The third kappa shape index (κ3) is 4.02.